The predicted molar refractivity (Wildman–Crippen MR) is 80.3 cm³/mol. The number of carbonyl (C=O) groups excluding carboxylic acids is 2. The average Bonchev–Trinajstić information content (AvgIpc) is 2.98. The molecule has 1 atom stereocenters. The molecule has 0 radical (unpaired) electrons. The molecule has 6 nitrogen and oxygen atoms in total. The van der Waals surface area contributed by atoms with Gasteiger partial charge in [-0.2, -0.15) is 0 Å². The van der Waals surface area contributed by atoms with Gasteiger partial charge in [-0.3, -0.25) is 14.6 Å². The molecule has 114 valence electrons. The number of hydrogen-bond acceptors (Lipinski definition) is 4. The highest BCUT2D eigenvalue weighted by atomic mass is 16.5. The first-order chi connectivity index (χ1) is 10.5. The largest absolute Gasteiger partial charge is 0.361 e. The van der Waals surface area contributed by atoms with Crippen LogP contribution in [0.15, 0.2) is 34.9 Å². The highest BCUT2D eigenvalue weighted by Gasteiger charge is 2.43. The number of aromatic nitrogens is 1. The molecule has 0 N–H and O–H groups in total. The van der Waals surface area contributed by atoms with Gasteiger partial charge in [-0.05, 0) is 32.9 Å². The molecule has 6 heteroatoms. The topological polar surface area (TPSA) is 66.7 Å². The molecule has 0 spiro atoms. The Morgan fingerprint density at radius 2 is 1.86 bits per heavy atom. The summed E-state index contributed by atoms with van der Waals surface area (Å²) >= 11 is 0. The standard InChI is InChI=1S/C16H17N3O3/c1-10-4-6-14(7-5-10)19-12(3)15(20)18(16(19)21)9-13-8-11(2)22-17-13/h4-8,12H,9H2,1-3H3/t12-/m1/s1. The molecule has 2 heterocycles. The third-order valence-corrected chi connectivity index (χ3v) is 3.76. The number of aryl methyl sites for hydroxylation is 2. The van der Waals surface area contributed by atoms with Gasteiger partial charge < -0.3 is 4.52 Å². The van der Waals surface area contributed by atoms with Crippen LogP contribution in [0.2, 0.25) is 0 Å². The predicted octanol–water partition coefficient (Wildman–Crippen LogP) is 2.65. The van der Waals surface area contributed by atoms with Gasteiger partial charge in [0.25, 0.3) is 5.91 Å². The molecule has 1 aromatic heterocycles. The molecule has 3 amide bonds. The molecule has 22 heavy (non-hydrogen) atoms. The van der Waals surface area contributed by atoms with Gasteiger partial charge in [0, 0.05) is 11.8 Å². The molecule has 1 aromatic carbocycles. The van der Waals surface area contributed by atoms with E-state index in [0.717, 1.165) is 11.3 Å². The molecule has 1 fully saturated rings. The van der Waals surface area contributed by atoms with Crippen molar-refractivity contribution in [2.75, 3.05) is 4.90 Å². The van der Waals surface area contributed by atoms with E-state index in [1.807, 2.05) is 31.2 Å². The van der Waals surface area contributed by atoms with Crippen LogP contribution in [0.1, 0.15) is 23.9 Å². The first-order valence-corrected chi connectivity index (χ1v) is 7.11. The molecule has 1 saturated heterocycles. The zero-order chi connectivity index (χ0) is 15.9. The summed E-state index contributed by atoms with van der Waals surface area (Å²) in [6.45, 7) is 5.60. The van der Waals surface area contributed by atoms with Crippen LogP contribution in [0.4, 0.5) is 10.5 Å². The summed E-state index contributed by atoms with van der Waals surface area (Å²) in [4.78, 5) is 27.7. The highest BCUT2D eigenvalue weighted by Crippen LogP contribution is 2.27. The second-order valence-electron chi connectivity index (χ2n) is 5.52. The zero-order valence-electron chi connectivity index (χ0n) is 12.7. The lowest BCUT2D eigenvalue weighted by Crippen LogP contribution is -2.33. The van der Waals surface area contributed by atoms with Crippen molar-refractivity contribution in [3.63, 3.8) is 0 Å². The van der Waals surface area contributed by atoms with E-state index in [4.69, 9.17) is 4.52 Å². The number of imide groups is 1. The van der Waals surface area contributed by atoms with Gasteiger partial charge in [0.1, 0.15) is 17.5 Å². The fourth-order valence-electron chi connectivity index (χ4n) is 2.57. The quantitative estimate of drug-likeness (QED) is 0.817. The first-order valence-electron chi connectivity index (χ1n) is 7.11. The summed E-state index contributed by atoms with van der Waals surface area (Å²) in [5.74, 6) is 0.420. The Morgan fingerprint density at radius 1 is 1.18 bits per heavy atom. The van der Waals surface area contributed by atoms with Gasteiger partial charge in [-0.1, -0.05) is 22.9 Å². The van der Waals surface area contributed by atoms with Crippen molar-refractivity contribution in [3.8, 4) is 0 Å². The van der Waals surface area contributed by atoms with E-state index in [0.29, 0.717) is 11.5 Å². The molecule has 1 aliphatic heterocycles. The van der Waals surface area contributed by atoms with E-state index in [1.54, 1.807) is 19.9 Å². The van der Waals surface area contributed by atoms with Crippen LogP contribution in [0.3, 0.4) is 0 Å². The molecule has 1 aliphatic rings. The van der Waals surface area contributed by atoms with Crippen LogP contribution in [0.25, 0.3) is 0 Å². The molecular weight excluding hydrogens is 282 g/mol. The maximum Gasteiger partial charge on any atom is 0.332 e. The second-order valence-corrected chi connectivity index (χ2v) is 5.52. The number of anilines is 1. The third-order valence-electron chi connectivity index (χ3n) is 3.76. The van der Waals surface area contributed by atoms with Crippen molar-refractivity contribution >= 4 is 17.6 Å². The molecule has 0 bridgehead atoms. The van der Waals surface area contributed by atoms with Crippen LogP contribution < -0.4 is 4.90 Å². The van der Waals surface area contributed by atoms with Crippen LogP contribution in [-0.2, 0) is 11.3 Å². The van der Waals surface area contributed by atoms with Crippen LogP contribution >= 0.6 is 0 Å². The smallest absolute Gasteiger partial charge is 0.332 e. The number of nitrogens with zero attached hydrogens (tertiary/aromatic N) is 3. The Kier molecular flexibility index (Phi) is 3.44. The van der Waals surface area contributed by atoms with E-state index in [2.05, 4.69) is 5.16 Å². The van der Waals surface area contributed by atoms with E-state index < -0.39 is 6.04 Å². The molecule has 2 aromatic rings. The Morgan fingerprint density at radius 3 is 2.45 bits per heavy atom. The summed E-state index contributed by atoms with van der Waals surface area (Å²) in [7, 11) is 0. The molecule has 0 unspecified atom stereocenters. The third kappa shape index (κ3) is 2.36. The summed E-state index contributed by atoms with van der Waals surface area (Å²) in [6, 6.07) is 8.40. The number of hydrogen-bond donors (Lipinski definition) is 0. The molecular formula is C16H17N3O3. The molecule has 0 saturated carbocycles. The van der Waals surface area contributed by atoms with Gasteiger partial charge in [0.15, 0.2) is 0 Å². The fourth-order valence-corrected chi connectivity index (χ4v) is 2.57. The summed E-state index contributed by atoms with van der Waals surface area (Å²) in [6.07, 6.45) is 0. The van der Waals surface area contributed by atoms with Crippen molar-refractivity contribution in [2.24, 2.45) is 0 Å². The van der Waals surface area contributed by atoms with E-state index in [9.17, 15) is 9.59 Å². The van der Waals surface area contributed by atoms with Gasteiger partial charge in [0.2, 0.25) is 0 Å². The normalized spacial score (nSPS) is 18.4. The van der Waals surface area contributed by atoms with Gasteiger partial charge >= 0.3 is 6.03 Å². The van der Waals surface area contributed by atoms with Gasteiger partial charge in [0.05, 0.1) is 6.54 Å². The molecule has 0 aliphatic carbocycles. The van der Waals surface area contributed by atoms with E-state index >= 15 is 0 Å². The van der Waals surface area contributed by atoms with Crippen molar-refractivity contribution in [1.82, 2.24) is 10.1 Å². The van der Waals surface area contributed by atoms with Crippen molar-refractivity contribution in [3.05, 3.63) is 47.3 Å². The minimum Gasteiger partial charge on any atom is -0.361 e. The van der Waals surface area contributed by atoms with Crippen LogP contribution in [0.5, 0.6) is 0 Å². The summed E-state index contributed by atoms with van der Waals surface area (Å²) in [5.41, 5.74) is 2.39. The highest BCUT2D eigenvalue weighted by molar-refractivity contribution is 6.13. The fraction of sp³-hybridized carbons (Fsp3) is 0.312. The maximum absolute atomic E-state index is 12.6. The van der Waals surface area contributed by atoms with E-state index in [-0.39, 0.29) is 18.5 Å². The lowest BCUT2D eigenvalue weighted by molar-refractivity contribution is -0.127. The Labute approximate surface area is 128 Å². The second kappa shape index (κ2) is 5.29. The number of benzene rings is 1. The Bertz CT molecular complexity index is 720. The molecule has 3 rings (SSSR count). The monoisotopic (exact) mass is 299 g/mol. The average molecular weight is 299 g/mol. The zero-order valence-corrected chi connectivity index (χ0v) is 12.7. The number of rotatable bonds is 3. The number of amides is 3. The number of urea groups is 1. The van der Waals surface area contributed by atoms with Gasteiger partial charge in [-0.25, -0.2) is 4.79 Å². The van der Waals surface area contributed by atoms with Crippen LogP contribution in [0, 0.1) is 13.8 Å². The lowest BCUT2D eigenvalue weighted by atomic mass is 10.2. The minimum absolute atomic E-state index is 0.127. The minimum atomic E-state index is -0.525. The Hall–Kier alpha value is -2.63. The SMILES string of the molecule is Cc1ccc(N2C(=O)N(Cc3cc(C)on3)C(=O)[C@H]2C)cc1. The summed E-state index contributed by atoms with van der Waals surface area (Å²) in [5, 5.41) is 3.84. The Balaban J connectivity index is 1.87. The van der Waals surface area contributed by atoms with Gasteiger partial charge in [-0.15, -0.1) is 0 Å². The van der Waals surface area contributed by atoms with Crippen molar-refractivity contribution < 1.29 is 14.1 Å². The number of carbonyl (C=O) groups is 2. The lowest BCUT2D eigenvalue weighted by Gasteiger charge is -2.19. The first kappa shape index (κ1) is 14.3. The van der Waals surface area contributed by atoms with E-state index in [1.165, 1.54) is 9.80 Å². The maximum atomic E-state index is 12.6. The van der Waals surface area contributed by atoms with Crippen molar-refractivity contribution in [1.29, 1.82) is 0 Å². The van der Waals surface area contributed by atoms with Crippen molar-refractivity contribution in [2.45, 2.75) is 33.4 Å². The van der Waals surface area contributed by atoms with Crippen LogP contribution in [-0.4, -0.2) is 28.0 Å². The summed E-state index contributed by atoms with van der Waals surface area (Å²) < 4.78 is 4.98.